The lowest BCUT2D eigenvalue weighted by Crippen LogP contribution is -1.98. The van der Waals surface area contributed by atoms with Crippen molar-refractivity contribution in [3.05, 3.63) is 35.1 Å². The third-order valence-corrected chi connectivity index (χ3v) is 2.96. The molecule has 0 saturated heterocycles. The van der Waals surface area contributed by atoms with Crippen molar-refractivity contribution in [3.63, 3.8) is 0 Å². The van der Waals surface area contributed by atoms with Gasteiger partial charge in [-0.1, -0.05) is 41.7 Å². The zero-order valence-electron chi connectivity index (χ0n) is 9.08. The van der Waals surface area contributed by atoms with Gasteiger partial charge < -0.3 is 0 Å². The highest BCUT2D eigenvalue weighted by Crippen LogP contribution is 2.24. The van der Waals surface area contributed by atoms with E-state index in [1.165, 1.54) is 0 Å². The maximum atomic E-state index is 5.22. The van der Waals surface area contributed by atoms with Gasteiger partial charge in [0.05, 0.1) is 6.20 Å². The first kappa shape index (κ1) is 10.1. The zero-order chi connectivity index (χ0) is 11.8. The normalized spacial score (nSPS) is 10.9. The summed E-state index contributed by atoms with van der Waals surface area (Å²) in [7, 11) is 1.83. The molecule has 0 aliphatic heterocycles. The molecular weight excluding hydrogens is 234 g/mol. The fourth-order valence-electron chi connectivity index (χ4n) is 1.81. The second-order valence-corrected chi connectivity index (χ2v) is 4.10. The quantitative estimate of drug-likeness (QED) is 0.665. The average molecular weight is 243 g/mol. The molecule has 3 rings (SSSR count). The van der Waals surface area contributed by atoms with Gasteiger partial charge >= 0.3 is 0 Å². The molecule has 1 N–H and O–H groups in total. The van der Waals surface area contributed by atoms with Crippen molar-refractivity contribution in [2.45, 2.75) is 0 Å². The Morgan fingerprint density at radius 3 is 2.71 bits per heavy atom. The van der Waals surface area contributed by atoms with Crippen LogP contribution in [-0.4, -0.2) is 25.2 Å². The molecule has 17 heavy (non-hydrogen) atoms. The fraction of sp³-hybridized carbons (Fsp3) is 0.0909. The first-order valence-corrected chi connectivity index (χ1v) is 5.50. The van der Waals surface area contributed by atoms with Crippen LogP contribution in [0.2, 0.25) is 0 Å². The number of rotatable bonds is 1. The minimum absolute atomic E-state index is 0.638. The van der Waals surface area contributed by atoms with Crippen molar-refractivity contribution in [2.75, 3.05) is 0 Å². The second kappa shape index (κ2) is 3.74. The molecule has 1 aromatic carbocycles. The first-order valence-electron chi connectivity index (χ1n) is 5.10. The highest BCUT2D eigenvalue weighted by Gasteiger charge is 2.10. The van der Waals surface area contributed by atoms with E-state index in [-0.39, 0.29) is 0 Å². The molecule has 0 aliphatic carbocycles. The van der Waals surface area contributed by atoms with Crippen LogP contribution >= 0.6 is 12.2 Å². The van der Waals surface area contributed by atoms with Crippen LogP contribution in [0.4, 0.5) is 0 Å². The summed E-state index contributed by atoms with van der Waals surface area (Å²) in [6, 6.07) is 7.89. The first-order chi connectivity index (χ1) is 8.27. The molecule has 84 valence electrons. The van der Waals surface area contributed by atoms with Gasteiger partial charge in [0.15, 0.2) is 0 Å². The van der Waals surface area contributed by atoms with Gasteiger partial charge in [0.1, 0.15) is 16.0 Å². The third kappa shape index (κ3) is 1.53. The van der Waals surface area contributed by atoms with E-state index < -0.39 is 0 Å². The van der Waals surface area contributed by atoms with Crippen LogP contribution in [0.25, 0.3) is 22.2 Å². The fourth-order valence-corrected chi connectivity index (χ4v) is 2.04. The molecule has 0 atom stereocenters. The van der Waals surface area contributed by atoms with Crippen LogP contribution in [0.3, 0.4) is 0 Å². The van der Waals surface area contributed by atoms with E-state index in [2.05, 4.69) is 20.5 Å². The highest BCUT2D eigenvalue weighted by molar-refractivity contribution is 7.71. The summed E-state index contributed by atoms with van der Waals surface area (Å²) < 4.78 is 2.32. The van der Waals surface area contributed by atoms with Crippen LogP contribution in [0.1, 0.15) is 0 Å². The van der Waals surface area contributed by atoms with Crippen molar-refractivity contribution in [3.8, 4) is 11.4 Å². The van der Waals surface area contributed by atoms with Crippen LogP contribution in [-0.2, 0) is 7.05 Å². The van der Waals surface area contributed by atoms with E-state index in [1.807, 2.05) is 31.3 Å². The molecule has 6 heteroatoms. The Morgan fingerprint density at radius 2 is 2.00 bits per heavy atom. The standard InChI is InChI=1S/C11H9N5S/c1-16-9(6-12-15-16)10-7-4-2-3-5-8(7)11(17)14-13-10/h2-6H,1H3,(H,14,17). The van der Waals surface area contributed by atoms with Gasteiger partial charge in [-0.05, 0) is 0 Å². The summed E-state index contributed by atoms with van der Waals surface area (Å²) in [6.07, 6.45) is 1.69. The van der Waals surface area contributed by atoms with Gasteiger partial charge in [-0.3, -0.25) is 5.10 Å². The molecule has 0 aliphatic rings. The lowest BCUT2D eigenvalue weighted by atomic mass is 10.1. The Balaban J connectivity index is 2.43. The SMILES string of the molecule is Cn1nncc1-c1n[nH]c(=S)c2ccccc12. The van der Waals surface area contributed by atoms with E-state index in [9.17, 15) is 0 Å². The summed E-state index contributed by atoms with van der Waals surface area (Å²) in [5, 5.41) is 16.9. The van der Waals surface area contributed by atoms with Gasteiger partial charge in [-0.2, -0.15) is 5.10 Å². The van der Waals surface area contributed by atoms with E-state index in [4.69, 9.17) is 12.2 Å². The molecule has 2 aromatic heterocycles. The van der Waals surface area contributed by atoms with Gasteiger partial charge in [-0.15, -0.1) is 5.10 Å². The summed E-state index contributed by atoms with van der Waals surface area (Å²) in [5.74, 6) is 0. The summed E-state index contributed by atoms with van der Waals surface area (Å²) in [6.45, 7) is 0. The van der Waals surface area contributed by atoms with Crippen molar-refractivity contribution in [1.82, 2.24) is 25.2 Å². The predicted octanol–water partition coefficient (Wildman–Crippen LogP) is 2.09. The number of hydrogen-bond acceptors (Lipinski definition) is 4. The Labute approximate surface area is 102 Å². The molecule has 5 nitrogen and oxygen atoms in total. The maximum Gasteiger partial charge on any atom is 0.127 e. The number of nitrogens with zero attached hydrogens (tertiary/aromatic N) is 4. The average Bonchev–Trinajstić information content (AvgIpc) is 2.77. The van der Waals surface area contributed by atoms with E-state index in [1.54, 1.807) is 10.9 Å². The molecule has 0 radical (unpaired) electrons. The van der Waals surface area contributed by atoms with Crippen LogP contribution < -0.4 is 0 Å². The summed E-state index contributed by atoms with van der Waals surface area (Å²) >= 11 is 5.22. The Bertz CT molecular complexity index is 743. The van der Waals surface area contributed by atoms with Crippen LogP contribution in [0, 0.1) is 4.64 Å². The van der Waals surface area contributed by atoms with Crippen LogP contribution in [0.15, 0.2) is 30.5 Å². The molecule has 0 amide bonds. The van der Waals surface area contributed by atoms with Crippen molar-refractivity contribution in [1.29, 1.82) is 0 Å². The van der Waals surface area contributed by atoms with Crippen LogP contribution in [0.5, 0.6) is 0 Å². The summed E-state index contributed by atoms with van der Waals surface area (Å²) in [4.78, 5) is 0. The highest BCUT2D eigenvalue weighted by atomic mass is 32.1. The summed E-state index contributed by atoms with van der Waals surface area (Å²) in [5.41, 5.74) is 1.66. The molecule has 0 saturated carbocycles. The number of fused-ring (bicyclic) bond motifs is 1. The topological polar surface area (TPSA) is 59.4 Å². The molecule has 0 bridgehead atoms. The Kier molecular flexibility index (Phi) is 2.22. The number of H-pyrrole nitrogens is 1. The predicted molar refractivity (Wildman–Crippen MR) is 66.9 cm³/mol. The number of aryl methyl sites for hydroxylation is 1. The largest absolute Gasteiger partial charge is 0.267 e. The monoisotopic (exact) mass is 243 g/mol. The van der Waals surface area contributed by atoms with E-state index in [0.717, 1.165) is 22.2 Å². The molecule has 0 spiro atoms. The molecule has 0 fully saturated rings. The molecule has 3 aromatic rings. The molecule has 2 heterocycles. The lowest BCUT2D eigenvalue weighted by Gasteiger charge is -2.04. The number of aromatic amines is 1. The maximum absolute atomic E-state index is 5.22. The van der Waals surface area contributed by atoms with Crippen molar-refractivity contribution >= 4 is 23.0 Å². The third-order valence-electron chi connectivity index (χ3n) is 2.65. The Morgan fingerprint density at radius 1 is 1.24 bits per heavy atom. The minimum atomic E-state index is 0.638. The van der Waals surface area contributed by atoms with E-state index in [0.29, 0.717) is 4.64 Å². The van der Waals surface area contributed by atoms with E-state index >= 15 is 0 Å². The second-order valence-electron chi connectivity index (χ2n) is 3.69. The smallest absolute Gasteiger partial charge is 0.127 e. The van der Waals surface area contributed by atoms with Gasteiger partial charge in [0.25, 0.3) is 0 Å². The number of aromatic nitrogens is 5. The van der Waals surface area contributed by atoms with Gasteiger partial charge in [-0.25, -0.2) is 4.68 Å². The van der Waals surface area contributed by atoms with Crippen molar-refractivity contribution in [2.24, 2.45) is 7.05 Å². The minimum Gasteiger partial charge on any atom is -0.267 e. The molecular formula is C11H9N5S. The number of hydrogen-bond donors (Lipinski definition) is 1. The van der Waals surface area contributed by atoms with Gasteiger partial charge in [0.2, 0.25) is 0 Å². The Hall–Kier alpha value is -2.08. The molecule has 0 unspecified atom stereocenters. The van der Waals surface area contributed by atoms with Gasteiger partial charge in [0, 0.05) is 17.8 Å². The number of benzene rings is 1. The zero-order valence-corrected chi connectivity index (χ0v) is 9.90. The lowest BCUT2D eigenvalue weighted by molar-refractivity contribution is 0.718. The number of nitrogens with one attached hydrogen (secondary N) is 1. The van der Waals surface area contributed by atoms with Crippen molar-refractivity contribution < 1.29 is 0 Å².